The first-order valence-corrected chi connectivity index (χ1v) is 12.3. The van der Waals surface area contributed by atoms with Gasteiger partial charge in [0, 0.05) is 29.9 Å². The number of aromatic amines is 1. The van der Waals surface area contributed by atoms with Crippen LogP contribution in [0.2, 0.25) is 0 Å². The maximum Gasteiger partial charge on any atom is 0.328 e. The zero-order valence-corrected chi connectivity index (χ0v) is 20.9. The summed E-state index contributed by atoms with van der Waals surface area (Å²) in [6, 6.07) is 15.2. The first kappa shape index (κ1) is 26.9. The van der Waals surface area contributed by atoms with Crippen LogP contribution in [0.4, 0.5) is 0 Å². The Morgan fingerprint density at radius 3 is 2.42 bits per heavy atom. The van der Waals surface area contributed by atoms with E-state index in [0.717, 1.165) is 28.5 Å². The number of H-pyrrole nitrogens is 1. The summed E-state index contributed by atoms with van der Waals surface area (Å²) in [6.07, 6.45) is 2.93. The summed E-state index contributed by atoms with van der Waals surface area (Å²) in [5.41, 5.74) is 8.64. The molecule has 8 heteroatoms. The van der Waals surface area contributed by atoms with Gasteiger partial charge in [0.15, 0.2) is 0 Å². The van der Waals surface area contributed by atoms with Crippen LogP contribution in [0.15, 0.2) is 60.8 Å². The van der Waals surface area contributed by atoms with Gasteiger partial charge in [-0.1, -0.05) is 62.4 Å². The lowest BCUT2D eigenvalue weighted by atomic mass is 10.0. The Balaban J connectivity index is 1.55. The van der Waals surface area contributed by atoms with Gasteiger partial charge >= 0.3 is 11.9 Å². The van der Waals surface area contributed by atoms with Crippen molar-refractivity contribution < 1.29 is 23.9 Å². The Bertz CT molecular complexity index is 1140. The molecule has 1 amide bonds. The van der Waals surface area contributed by atoms with E-state index in [1.54, 1.807) is 0 Å². The third-order valence-electron chi connectivity index (χ3n) is 5.87. The molecule has 0 aliphatic rings. The molecule has 0 aliphatic heterocycles. The zero-order chi connectivity index (χ0) is 25.9. The summed E-state index contributed by atoms with van der Waals surface area (Å²) >= 11 is 0. The summed E-state index contributed by atoms with van der Waals surface area (Å²) in [7, 11) is 0. The third-order valence-corrected chi connectivity index (χ3v) is 5.87. The van der Waals surface area contributed by atoms with Gasteiger partial charge in [0.05, 0.1) is 6.61 Å². The van der Waals surface area contributed by atoms with E-state index in [1.165, 1.54) is 0 Å². The van der Waals surface area contributed by atoms with Gasteiger partial charge in [-0.15, -0.1) is 0 Å². The summed E-state index contributed by atoms with van der Waals surface area (Å²) in [5, 5.41) is 3.76. The molecule has 0 aliphatic carbocycles. The van der Waals surface area contributed by atoms with Crippen LogP contribution >= 0.6 is 0 Å². The molecule has 0 unspecified atom stereocenters. The molecule has 0 fully saturated rings. The quantitative estimate of drug-likeness (QED) is 0.313. The van der Waals surface area contributed by atoms with Crippen LogP contribution in [0, 0.1) is 5.92 Å². The maximum absolute atomic E-state index is 12.8. The Morgan fingerprint density at radius 2 is 1.67 bits per heavy atom. The van der Waals surface area contributed by atoms with E-state index < -0.39 is 24.0 Å². The minimum absolute atomic E-state index is 0.0226. The van der Waals surface area contributed by atoms with Crippen LogP contribution in [0.1, 0.15) is 44.2 Å². The number of aromatic nitrogens is 1. The summed E-state index contributed by atoms with van der Waals surface area (Å²) < 4.78 is 10.7. The van der Waals surface area contributed by atoms with Gasteiger partial charge in [-0.2, -0.15) is 0 Å². The molecule has 8 nitrogen and oxygen atoms in total. The maximum atomic E-state index is 12.8. The fraction of sp³-hybridized carbons (Fsp3) is 0.393. The smallest absolute Gasteiger partial charge is 0.328 e. The number of rotatable bonds is 13. The topological polar surface area (TPSA) is 124 Å². The van der Waals surface area contributed by atoms with Crippen molar-refractivity contribution in [3.05, 3.63) is 71.9 Å². The lowest BCUT2D eigenvalue weighted by Gasteiger charge is -2.19. The van der Waals surface area contributed by atoms with Crippen molar-refractivity contribution in [1.29, 1.82) is 0 Å². The van der Waals surface area contributed by atoms with E-state index in [2.05, 4.69) is 10.3 Å². The van der Waals surface area contributed by atoms with Crippen LogP contribution in [-0.4, -0.2) is 41.5 Å². The van der Waals surface area contributed by atoms with Crippen LogP contribution in [0.5, 0.6) is 0 Å². The SMILES string of the molecule is CC(C)CCOC(=O)[C@@H](Cc1c[nH]c2ccccc12)NC(=O)CC[C@@H](N)C(=O)OCc1ccccc1. The number of fused-ring (bicyclic) bond motifs is 1. The Morgan fingerprint density at radius 1 is 0.944 bits per heavy atom. The fourth-order valence-electron chi connectivity index (χ4n) is 3.72. The number of carbonyl (C=O) groups is 3. The van der Waals surface area contributed by atoms with Gasteiger partial charge in [0.25, 0.3) is 0 Å². The van der Waals surface area contributed by atoms with Crippen LogP contribution in [0.3, 0.4) is 0 Å². The Labute approximate surface area is 211 Å². The van der Waals surface area contributed by atoms with Crippen molar-refractivity contribution in [3.8, 4) is 0 Å². The fourth-order valence-corrected chi connectivity index (χ4v) is 3.72. The number of amides is 1. The van der Waals surface area contributed by atoms with Crippen molar-refractivity contribution in [2.24, 2.45) is 11.7 Å². The van der Waals surface area contributed by atoms with E-state index in [4.69, 9.17) is 15.2 Å². The number of nitrogens with two attached hydrogens (primary N) is 1. The molecular weight excluding hydrogens is 458 g/mol. The normalized spacial score (nSPS) is 12.8. The average molecular weight is 494 g/mol. The number of hydrogen-bond acceptors (Lipinski definition) is 6. The summed E-state index contributed by atoms with van der Waals surface area (Å²) in [4.78, 5) is 40.9. The van der Waals surface area contributed by atoms with E-state index in [1.807, 2.05) is 74.6 Å². The van der Waals surface area contributed by atoms with Gasteiger partial charge < -0.3 is 25.5 Å². The predicted molar refractivity (Wildman–Crippen MR) is 138 cm³/mol. The highest BCUT2D eigenvalue weighted by Crippen LogP contribution is 2.19. The van der Waals surface area contributed by atoms with E-state index in [-0.39, 0.29) is 38.4 Å². The highest BCUT2D eigenvalue weighted by molar-refractivity contribution is 5.87. The monoisotopic (exact) mass is 493 g/mol. The number of esters is 2. The molecule has 0 radical (unpaired) electrons. The number of para-hydroxylation sites is 1. The minimum Gasteiger partial charge on any atom is -0.464 e. The second kappa shape index (κ2) is 13.4. The van der Waals surface area contributed by atoms with Gasteiger partial charge in [0.1, 0.15) is 18.7 Å². The number of hydrogen-bond donors (Lipinski definition) is 3. The molecule has 1 heterocycles. The lowest BCUT2D eigenvalue weighted by molar-refractivity contribution is -0.149. The van der Waals surface area contributed by atoms with Crippen molar-refractivity contribution in [1.82, 2.24) is 10.3 Å². The standard InChI is InChI=1S/C28H35N3O5/c1-19(2)14-15-35-28(34)25(16-21-17-30-24-11-7-6-10-22(21)24)31-26(32)13-12-23(29)27(33)36-18-20-8-4-3-5-9-20/h3-11,17,19,23,25,30H,12-16,18,29H2,1-2H3,(H,31,32)/t23-,25-/m1/s1. The molecular formula is C28H35N3O5. The van der Waals surface area contributed by atoms with Gasteiger partial charge in [0.2, 0.25) is 5.91 Å². The molecule has 4 N–H and O–H groups in total. The first-order valence-electron chi connectivity index (χ1n) is 12.3. The molecule has 36 heavy (non-hydrogen) atoms. The van der Waals surface area contributed by atoms with Crippen LogP contribution < -0.4 is 11.1 Å². The van der Waals surface area contributed by atoms with E-state index in [0.29, 0.717) is 5.92 Å². The zero-order valence-electron chi connectivity index (χ0n) is 20.9. The first-order chi connectivity index (χ1) is 17.3. The van der Waals surface area contributed by atoms with Gasteiger partial charge in [-0.25, -0.2) is 4.79 Å². The highest BCUT2D eigenvalue weighted by atomic mass is 16.5. The third kappa shape index (κ3) is 8.23. The molecule has 2 aromatic carbocycles. The second-order valence-electron chi connectivity index (χ2n) is 9.27. The molecule has 0 spiro atoms. The molecule has 3 rings (SSSR count). The number of benzene rings is 2. The Hall–Kier alpha value is -3.65. The molecule has 192 valence electrons. The van der Waals surface area contributed by atoms with Crippen molar-refractivity contribution in [3.63, 3.8) is 0 Å². The predicted octanol–water partition coefficient (Wildman–Crippen LogP) is 3.64. The number of ether oxygens (including phenoxy) is 2. The van der Waals surface area contributed by atoms with Gasteiger partial charge in [-0.3, -0.25) is 9.59 Å². The van der Waals surface area contributed by atoms with Crippen LogP contribution in [-0.2, 0) is 36.9 Å². The van der Waals surface area contributed by atoms with Crippen LogP contribution in [0.25, 0.3) is 10.9 Å². The van der Waals surface area contributed by atoms with E-state index >= 15 is 0 Å². The molecule has 0 bridgehead atoms. The summed E-state index contributed by atoms with van der Waals surface area (Å²) in [6.45, 7) is 4.50. The molecule has 0 saturated carbocycles. The minimum atomic E-state index is -0.940. The molecule has 0 saturated heterocycles. The molecule has 1 aromatic heterocycles. The number of carbonyl (C=O) groups excluding carboxylic acids is 3. The van der Waals surface area contributed by atoms with Gasteiger partial charge in [-0.05, 0) is 36.0 Å². The Kier molecular flexibility index (Phi) is 10.1. The van der Waals surface area contributed by atoms with Crippen molar-refractivity contribution >= 4 is 28.7 Å². The second-order valence-corrected chi connectivity index (χ2v) is 9.27. The summed E-state index contributed by atoms with van der Waals surface area (Å²) in [5.74, 6) is -1.05. The van der Waals surface area contributed by atoms with E-state index in [9.17, 15) is 14.4 Å². The van der Waals surface area contributed by atoms with Crippen molar-refractivity contribution in [2.45, 2.75) is 58.2 Å². The molecule has 2 atom stereocenters. The number of nitrogens with one attached hydrogen (secondary N) is 2. The highest BCUT2D eigenvalue weighted by Gasteiger charge is 2.25. The largest absolute Gasteiger partial charge is 0.464 e. The van der Waals surface area contributed by atoms with Crippen molar-refractivity contribution in [2.75, 3.05) is 6.61 Å². The average Bonchev–Trinajstić information content (AvgIpc) is 3.28. The molecule has 3 aromatic rings. The lowest BCUT2D eigenvalue weighted by Crippen LogP contribution is -2.44.